The van der Waals surface area contributed by atoms with Crippen molar-refractivity contribution in [2.45, 2.75) is 20.8 Å². The third-order valence-corrected chi connectivity index (χ3v) is 3.81. The molecule has 0 atom stereocenters. The Hall–Kier alpha value is -2.74. The van der Waals surface area contributed by atoms with Crippen LogP contribution in [0, 0.1) is 13.8 Å². The van der Waals surface area contributed by atoms with Gasteiger partial charge in [-0.1, -0.05) is 48.5 Å². The fourth-order valence-corrected chi connectivity index (χ4v) is 2.34. The predicted molar refractivity (Wildman–Crippen MR) is 106 cm³/mol. The first kappa shape index (κ1) is 17.6. The molecule has 3 rings (SSSR count). The molecule has 0 bridgehead atoms. The lowest BCUT2D eigenvalue weighted by Gasteiger charge is -2.08. The van der Waals surface area contributed by atoms with Gasteiger partial charge in [-0.05, 0) is 62.2 Å². The summed E-state index contributed by atoms with van der Waals surface area (Å²) in [6.45, 7) is 7.38. The van der Waals surface area contributed by atoms with Crippen LogP contribution < -0.4 is 10.6 Å². The van der Waals surface area contributed by atoms with Crippen molar-refractivity contribution in [1.29, 1.82) is 0 Å². The highest BCUT2D eigenvalue weighted by Gasteiger charge is 1.96. The molecule has 0 saturated carbocycles. The van der Waals surface area contributed by atoms with E-state index < -0.39 is 0 Å². The molecule has 0 aliphatic carbocycles. The molecule has 0 aliphatic heterocycles. The van der Waals surface area contributed by atoms with Gasteiger partial charge in [-0.2, -0.15) is 0 Å². The van der Waals surface area contributed by atoms with Crippen LogP contribution in [-0.2, 0) is 0 Å². The van der Waals surface area contributed by atoms with Gasteiger partial charge in [0.05, 0.1) is 0 Å². The summed E-state index contributed by atoms with van der Waals surface area (Å²) in [6, 6.07) is 26.6. The second-order valence-electron chi connectivity index (χ2n) is 5.63. The standard InChI is InChI=1S/C12H11N.C10H15N/c1-3-7-11(8-4-1)13-12-9-5-2-6-10-12;1-4-11-10-7-5-6-8(2)9(10)3/h1-10,13H;5-7,11H,4H2,1-3H3. The quantitative estimate of drug-likeness (QED) is 0.601. The van der Waals surface area contributed by atoms with Crippen molar-refractivity contribution in [1.82, 2.24) is 0 Å². The van der Waals surface area contributed by atoms with Crippen molar-refractivity contribution in [2.75, 3.05) is 17.2 Å². The molecular formula is C22H26N2. The van der Waals surface area contributed by atoms with Crippen molar-refractivity contribution >= 4 is 17.1 Å². The first-order chi connectivity index (χ1) is 11.7. The zero-order chi connectivity index (χ0) is 17.2. The topological polar surface area (TPSA) is 24.1 Å². The van der Waals surface area contributed by atoms with Gasteiger partial charge in [-0.3, -0.25) is 0 Å². The fourth-order valence-electron chi connectivity index (χ4n) is 2.34. The first-order valence-electron chi connectivity index (χ1n) is 8.38. The molecule has 2 nitrogen and oxygen atoms in total. The first-order valence-corrected chi connectivity index (χ1v) is 8.38. The Balaban J connectivity index is 0.000000177. The highest BCUT2D eigenvalue weighted by Crippen LogP contribution is 2.17. The number of benzene rings is 3. The minimum atomic E-state index is 0.990. The lowest BCUT2D eigenvalue weighted by Crippen LogP contribution is -1.99. The Kier molecular flexibility index (Phi) is 6.91. The van der Waals surface area contributed by atoms with Crippen molar-refractivity contribution in [3.8, 4) is 0 Å². The van der Waals surface area contributed by atoms with Gasteiger partial charge in [0.1, 0.15) is 0 Å². The molecule has 24 heavy (non-hydrogen) atoms. The smallest absolute Gasteiger partial charge is 0.0384 e. The van der Waals surface area contributed by atoms with E-state index in [-0.39, 0.29) is 0 Å². The second kappa shape index (κ2) is 9.41. The van der Waals surface area contributed by atoms with E-state index in [9.17, 15) is 0 Å². The van der Waals surface area contributed by atoms with E-state index >= 15 is 0 Å². The van der Waals surface area contributed by atoms with Gasteiger partial charge in [-0.15, -0.1) is 0 Å². The largest absolute Gasteiger partial charge is 0.385 e. The summed E-state index contributed by atoms with van der Waals surface area (Å²) in [5.74, 6) is 0. The summed E-state index contributed by atoms with van der Waals surface area (Å²) in [7, 11) is 0. The number of anilines is 3. The molecule has 3 aromatic carbocycles. The van der Waals surface area contributed by atoms with Gasteiger partial charge in [0.15, 0.2) is 0 Å². The maximum Gasteiger partial charge on any atom is 0.0384 e. The summed E-state index contributed by atoms with van der Waals surface area (Å²) >= 11 is 0. The fraction of sp³-hybridized carbons (Fsp3) is 0.182. The zero-order valence-electron chi connectivity index (χ0n) is 14.7. The Bertz CT molecular complexity index is 684. The molecular weight excluding hydrogens is 292 g/mol. The predicted octanol–water partition coefficient (Wildman–Crippen LogP) is 6.17. The third-order valence-electron chi connectivity index (χ3n) is 3.81. The van der Waals surface area contributed by atoms with Gasteiger partial charge < -0.3 is 10.6 Å². The number of nitrogens with one attached hydrogen (secondary N) is 2. The molecule has 0 aliphatic rings. The molecule has 0 unspecified atom stereocenters. The molecule has 0 heterocycles. The monoisotopic (exact) mass is 318 g/mol. The summed E-state index contributed by atoms with van der Waals surface area (Å²) in [5, 5.41) is 6.62. The van der Waals surface area contributed by atoms with Gasteiger partial charge in [0, 0.05) is 23.6 Å². The van der Waals surface area contributed by atoms with Crippen LogP contribution in [0.2, 0.25) is 0 Å². The summed E-state index contributed by atoms with van der Waals surface area (Å²) in [5.41, 5.74) is 6.20. The van der Waals surface area contributed by atoms with Crippen LogP contribution in [0.25, 0.3) is 0 Å². The summed E-state index contributed by atoms with van der Waals surface area (Å²) < 4.78 is 0. The van der Waals surface area contributed by atoms with Gasteiger partial charge >= 0.3 is 0 Å². The van der Waals surface area contributed by atoms with E-state index in [1.807, 2.05) is 60.7 Å². The normalized spacial score (nSPS) is 9.62. The lowest BCUT2D eigenvalue weighted by atomic mass is 10.1. The van der Waals surface area contributed by atoms with Crippen LogP contribution in [0.5, 0.6) is 0 Å². The van der Waals surface area contributed by atoms with Crippen LogP contribution in [-0.4, -0.2) is 6.54 Å². The molecule has 0 spiro atoms. The van der Waals surface area contributed by atoms with Crippen LogP contribution in [0.1, 0.15) is 18.1 Å². The molecule has 3 aromatic rings. The Morgan fingerprint density at radius 1 is 0.667 bits per heavy atom. The maximum atomic E-state index is 3.32. The lowest BCUT2D eigenvalue weighted by molar-refractivity contribution is 1.19. The van der Waals surface area contributed by atoms with E-state index in [0.717, 1.165) is 17.9 Å². The van der Waals surface area contributed by atoms with Gasteiger partial charge in [0.25, 0.3) is 0 Å². The highest BCUT2D eigenvalue weighted by molar-refractivity contribution is 5.58. The van der Waals surface area contributed by atoms with Crippen LogP contribution in [0.15, 0.2) is 78.9 Å². The van der Waals surface area contributed by atoms with E-state index in [1.54, 1.807) is 0 Å². The van der Waals surface area contributed by atoms with Crippen molar-refractivity contribution in [2.24, 2.45) is 0 Å². The molecule has 0 fully saturated rings. The molecule has 2 N–H and O–H groups in total. The molecule has 0 amide bonds. The molecule has 0 saturated heterocycles. The van der Waals surface area contributed by atoms with Crippen molar-refractivity contribution in [3.63, 3.8) is 0 Å². The third kappa shape index (κ3) is 5.47. The second-order valence-corrected chi connectivity index (χ2v) is 5.63. The number of hydrogen-bond donors (Lipinski definition) is 2. The van der Waals surface area contributed by atoms with Crippen LogP contribution in [0.3, 0.4) is 0 Å². The van der Waals surface area contributed by atoms with Crippen molar-refractivity contribution in [3.05, 3.63) is 90.0 Å². The average molecular weight is 318 g/mol. The van der Waals surface area contributed by atoms with Crippen molar-refractivity contribution < 1.29 is 0 Å². The minimum Gasteiger partial charge on any atom is -0.385 e. The molecule has 0 aromatic heterocycles. The molecule has 2 heteroatoms. The van der Waals surface area contributed by atoms with Crippen LogP contribution >= 0.6 is 0 Å². The summed E-state index contributed by atoms with van der Waals surface area (Å²) in [4.78, 5) is 0. The van der Waals surface area contributed by atoms with Gasteiger partial charge in [0.2, 0.25) is 0 Å². The Labute approximate surface area is 145 Å². The molecule has 124 valence electrons. The van der Waals surface area contributed by atoms with E-state index in [2.05, 4.69) is 49.6 Å². The van der Waals surface area contributed by atoms with E-state index in [0.29, 0.717) is 0 Å². The van der Waals surface area contributed by atoms with E-state index in [4.69, 9.17) is 0 Å². The van der Waals surface area contributed by atoms with Gasteiger partial charge in [-0.25, -0.2) is 0 Å². The maximum absolute atomic E-state index is 3.32. The number of hydrogen-bond acceptors (Lipinski definition) is 2. The highest BCUT2D eigenvalue weighted by atomic mass is 14.9. The van der Waals surface area contributed by atoms with Crippen LogP contribution in [0.4, 0.5) is 17.1 Å². The zero-order valence-corrected chi connectivity index (χ0v) is 14.7. The number of para-hydroxylation sites is 2. The Morgan fingerprint density at radius 3 is 1.71 bits per heavy atom. The number of aryl methyl sites for hydroxylation is 1. The minimum absolute atomic E-state index is 0.990. The Morgan fingerprint density at radius 2 is 1.21 bits per heavy atom. The number of rotatable bonds is 4. The average Bonchev–Trinajstić information content (AvgIpc) is 2.62. The molecule has 0 radical (unpaired) electrons. The summed E-state index contributed by atoms with van der Waals surface area (Å²) in [6.07, 6.45) is 0. The SMILES string of the molecule is CCNc1cccc(C)c1C.c1ccc(Nc2ccccc2)cc1. The van der Waals surface area contributed by atoms with E-state index in [1.165, 1.54) is 16.8 Å².